The number of rotatable bonds is 7. The van der Waals surface area contributed by atoms with Gasteiger partial charge in [0.2, 0.25) is 5.91 Å². The van der Waals surface area contributed by atoms with Gasteiger partial charge in [-0.05, 0) is 37.8 Å². The van der Waals surface area contributed by atoms with E-state index in [0.717, 1.165) is 11.1 Å². The number of ether oxygens (including phenoxy) is 2. The molecule has 1 saturated heterocycles. The molecule has 8 heteroatoms. The summed E-state index contributed by atoms with van der Waals surface area (Å²) >= 11 is 0. The zero-order valence-corrected chi connectivity index (χ0v) is 21.9. The minimum atomic E-state index is -1.10. The maximum atomic E-state index is 13.6. The molecule has 0 bridgehead atoms. The largest absolute Gasteiger partial charge is 0.487 e. The SMILES string of the molecule is CC(C)(C)OC(=O)C[C@H](C(=O)N1C[C@H](Oc2cncc(-c3ccccc3)c2)C[C@H]1C(=O)O)C(C)(C)C. The second-order valence-electron chi connectivity index (χ2n) is 11.3. The van der Waals surface area contributed by atoms with Crippen LogP contribution in [0.1, 0.15) is 54.4 Å². The zero-order chi connectivity index (χ0) is 26.7. The normalized spacial score (nSPS) is 19.0. The highest BCUT2D eigenvalue weighted by Crippen LogP contribution is 2.35. The molecule has 3 atom stereocenters. The summed E-state index contributed by atoms with van der Waals surface area (Å²) in [7, 11) is 0. The Labute approximate surface area is 212 Å². The van der Waals surface area contributed by atoms with Gasteiger partial charge in [0.25, 0.3) is 0 Å². The van der Waals surface area contributed by atoms with Gasteiger partial charge < -0.3 is 19.5 Å². The van der Waals surface area contributed by atoms with Crippen molar-refractivity contribution in [2.24, 2.45) is 11.3 Å². The standard InChI is InChI=1S/C28H36N2O6/c1-27(2,3)22(14-24(31)36-28(4,5)6)25(32)30-17-21(13-23(30)26(33)34)35-20-12-19(15-29-16-20)18-10-8-7-9-11-18/h7-12,15-16,21-23H,13-14,17H2,1-6H3,(H,33,34)/t21-,22-,23+/m1/s1. The van der Waals surface area contributed by atoms with Crippen molar-refractivity contribution in [2.75, 3.05) is 6.54 Å². The van der Waals surface area contributed by atoms with Crippen LogP contribution in [0.25, 0.3) is 11.1 Å². The number of likely N-dealkylation sites (tertiary alicyclic amines) is 1. The number of carboxylic acids is 1. The first-order valence-electron chi connectivity index (χ1n) is 12.2. The van der Waals surface area contributed by atoms with Crippen LogP contribution in [0.5, 0.6) is 5.75 Å². The number of carbonyl (C=O) groups excluding carboxylic acids is 2. The molecular formula is C28H36N2O6. The lowest BCUT2D eigenvalue weighted by atomic mass is 9.77. The summed E-state index contributed by atoms with van der Waals surface area (Å²) in [6, 6.07) is 10.5. The first-order chi connectivity index (χ1) is 16.7. The number of aliphatic carboxylic acids is 1. The van der Waals surface area contributed by atoms with Gasteiger partial charge in [-0.25, -0.2) is 4.79 Å². The van der Waals surface area contributed by atoms with Crippen molar-refractivity contribution >= 4 is 17.8 Å². The van der Waals surface area contributed by atoms with Crippen molar-refractivity contribution in [1.82, 2.24) is 9.88 Å². The number of pyridine rings is 1. The summed E-state index contributed by atoms with van der Waals surface area (Å²) in [5, 5.41) is 9.88. The molecule has 0 unspecified atom stereocenters. The maximum Gasteiger partial charge on any atom is 0.326 e. The molecule has 0 spiro atoms. The van der Waals surface area contributed by atoms with E-state index in [2.05, 4.69) is 4.98 Å². The number of nitrogens with zero attached hydrogens (tertiary/aromatic N) is 2. The van der Waals surface area contributed by atoms with Crippen LogP contribution in [0.15, 0.2) is 48.8 Å². The van der Waals surface area contributed by atoms with E-state index < -0.39 is 41.0 Å². The lowest BCUT2D eigenvalue weighted by Crippen LogP contribution is -2.47. The van der Waals surface area contributed by atoms with Crippen LogP contribution < -0.4 is 4.74 Å². The first kappa shape index (κ1) is 27.2. The van der Waals surface area contributed by atoms with Crippen LogP contribution in [-0.4, -0.2) is 57.1 Å². The minimum Gasteiger partial charge on any atom is -0.487 e. The number of carbonyl (C=O) groups is 3. The first-order valence-corrected chi connectivity index (χ1v) is 12.2. The van der Waals surface area contributed by atoms with E-state index in [1.54, 1.807) is 33.2 Å². The van der Waals surface area contributed by atoms with Crippen LogP contribution >= 0.6 is 0 Å². The third kappa shape index (κ3) is 7.06. The van der Waals surface area contributed by atoms with Gasteiger partial charge in [0.1, 0.15) is 23.5 Å². The van der Waals surface area contributed by atoms with Gasteiger partial charge in [-0.1, -0.05) is 51.1 Å². The fraction of sp³-hybridized carbons (Fsp3) is 0.500. The Kier molecular flexibility index (Phi) is 8.06. The van der Waals surface area contributed by atoms with Gasteiger partial charge in [-0.3, -0.25) is 14.6 Å². The molecule has 3 rings (SSSR count). The molecule has 1 aliphatic heterocycles. The Balaban J connectivity index is 1.78. The van der Waals surface area contributed by atoms with E-state index in [9.17, 15) is 19.5 Å². The predicted molar refractivity (Wildman–Crippen MR) is 135 cm³/mol. The van der Waals surface area contributed by atoms with Crippen molar-refractivity contribution in [3.8, 4) is 16.9 Å². The third-order valence-corrected chi connectivity index (χ3v) is 6.09. The van der Waals surface area contributed by atoms with Crippen LogP contribution in [-0.2, 0) is 19.1 Å². The third-order valence-electron chi connectivity index (χ3n) is 6.09. The Morgan fingerprint density at radius 3 is 2.31 bits per heavy atom. The molecule has 1 aromatic carbocycles. The molecule has 194 valence electrons. The van der Waals surface area contributed by atoms with Gasteiger partial charge in [0, 0.05) is 18.2 Å². The summed E-state index contributed by atoms with van der Waals surface area (Å²) in [5.74, 6) is -2.21. The molecule has 1 amide bonds. The molecule has 0 radical (unpaired) electrons. The molecule has 0 saturated carbocycles. The van der Waals surface area contributed by atoms with Crippen molar-refractivity contribution in [2.45, 2.75) is 72.1 Å². The van der Waals surface area contributed by atoms with Gasteiger partial charge in [0.15, 0.2) is 0 Å². The summed E-state index contributed by atoms with van der Waals surface area (Å²) in [5.41, 5.74) is 0.599. The van der Waals surface area contributed by atoms with Gasteiger partial charge >= 0.3 is 11.9 Å². The minimum absolute atomic E-state index is 0.103. The van der Waals surface area contributed by atoms with E-state index in [-0.39, 0.29) is 25.3 Å². The van der Waals surface area contributed by atoms with Crippen LogP contribution in [0.2, 0.25) is 0 Å². The van der Waals surface area contributed by atoms with E-state index in [1.807, 2.05) is 57.2 Å². The van der Waals surface area contributed by atoms with Gasteiger partial charge in [0.05, 0.1) is 25.1 Å². The zero-order valence-electron chi connectivity index (χ0n) is 21.9. The number of benzene rings is 1. The highest BCUT2D eigenvalue weighted by molar-refractivity contribution is 5.89. The number of amides is 1. The average Bonchev–Trinajstić information content (AvgIpc) is 3.20. The molecule has 1 N–H and O–H groups in total. The van der Waals surface area contributed by atoms with Crippen molar-refractivity contribution in [3.05, 3.63) is 48.8 Å². The monoisotopic (exact) mass is 496 g/mol. The topological polar surface area (TPSA) is 106 Å². The fourth-order valence-electron chi connectivity index (χ4n) is 4.34. The summed E-state index contributed by atoms with van der Waals surface area (Å²) in [4.78, 5) is 43.9. The fourth-order valence-corrected chi connectivity index (χ4v) is 4.34. The lowest BCUT2D eigenvalue weighted by Gasteiger charge is -2.34. The summed E-state index contributed by atoms with van der Waals surface area (Å²) < 4.78 is 11.5. The summed E-state index contributed by atoms with van der Waals surface area (Å²) in [6.45, 7) is 11.0. The molecule has 8 nitrogen and oxygen atoms in total. The molecule has 1 aromatic heterocycles. The lowest BCUT2D eigenvalue weighted by molar-refractivity contribution is -0.161. The molecule has 0 aliphatic carbocycles. The molecule has 36 heavy (non-hydrogen) atoms. The van der Waals surface area contributed by atoms with Crippen LogP contribution in [0.3, 0.4) is 0 Å². The molecule has 2 heterocycles. The van der Waals surface area contributed by atoms with Crippen molar-refractivity contribution in [1.29, 1.82) is 0 Å². The Morgan fingerprint density at radius 2 is 1.72 bits per heavy atom. The number of aromatic nitrogens is 1. The van der Waals surface area contributed by atoms with E-state index >= 15 is 0 Å². The van der Waals surface area contributed by atoms with E-state index in [0.29, 0.717) is 5.75 Å². The van der Waals surface area contributed by atoms with Crippen molar-refractivity contribution < 1.29 is 29.0 Å². The average molecular weight is 497 g/mol. The van der Waals surface area contributed by atoms with Gasteiger partial charge in [-0.15, -0.1) is 0 Å². The smallest absolute Gasteiger partial charge is 0.326 e. The van der Waals surface area contributed by atoms with Gasteiger partial charge in [-0.2, -0.15) is 0 Å². The number of hydrogen-bond acceptors (Lipinski definition) is 6. The maximum absolute atomic E-state index is 13.6. The van der Waals surface area contributed by atoms with E-state index in [4.69, 9.17) is 9.47 Å². The molecule has 2 aromatic rings. The molecular weight excluding hydrogens is 460 g/mol. The Hall–Kier alpha value is -3.42. The van der Waals surface area contributed by atoms with Crippen LogP contribution in [0.4, 0.5) is 0 Å². The number of esters is 1. The number of hydrogen-bond donors (Lipinski definition) is 1. The highest BCUT2D eigenvalue weighted by Gasteiger charge is 2.46. The highest BCUT2D eigenvalue weighted by atomic mass is 16.6. The molecule has 1 fully saturated rings. The van der Waals surface area contributed by atoms with Crippen LogP contribution in [0, 0.1) is 11.3 Å². The Bertz CT molecular complexity index is 1090. The summed E-state index contributed by atoms with van der Waals surface area (Å²) in [6.07, 6.45) is 2.80. The second kappa shape index (κ2) is 10.7. The Morgan fingerprint density at radius 1 is 1.06 bits per heavy atom. The number of carboxylic acid groups (broad SMARTS) is 1. The van der Waals surface area contributed by atoms with E-state index in [1.165, 1.54) is 4.90 Å². The second-order valence-corrected chi connectivity index (χ2v) is 11.3. The predicted octanol–water partition coefficient (Wildman–Crippen LogP) is 4.58. The molecule has 1 aliphatic rings. The quantitative estimate of drug-likeness (QED) is 0.560. The van der Waals surface area contributed by atoms with Crippen molar-refractivity contribution in [3.63, 3.8) is 0 Å².